The number of hydrogen-bond donors (Lipinski definition) is 1. The summed E-state index contributed by atoms with van der Waals surface area (Å²) in [6, 6.07) is -0.455. The largest absolute Gasteiger partial charge is 0.406 e. The maximum absolute atomic E-state index is 12.4. The summed E-state index contributed by atoms with van der Waals surface area (Å²) in [5.41, 5.74) is 0. The van der Waals surface area contributed by atoms with Crippen LogP contribution in [-0.2, 0) is 4.79 Å². The van der Waals surface area contributed by atoms with E-state index in [2.05, 4.69) is 5.32 Å². The van der Waals surface area contributed by atoms with Crippen LogP contribution < -0.4 is 5.32 Å². The summed E-state index contributed by atoms with van der Waals surface area (Å²) in [6.07, 6.45) is -2.96. The van der Waals surface area contributed by atoms with Gasteiger partial charge in [0.25, 0.3) is 0 Å². The van der Waals surface area contributed by atoms with E-state index in [-0.39, 0.29) is 12.5 Å². The molecule has 1 aliphatic heterocycles. The second-order valence-electron chi connectivity index (χ2n) is 4.57. The molecule has 3 nitrogen and oxygen atoms in total. The van der Waals surface area contributed by atoms with Crippen LogP contribution in [0.15, 0.2) is 0 Å². The molecule has 0 radical (unpaired) electrons. The van der Waals surface area contributed by atoms with Crippen molar-refractivity contribution in [1.82, 2.24) is 10.2 Å². The Labute approximate surface area is 99.4 Å². The SMILES string of the molecule is CCCN(CC(F)(F)F)C(=O)C1NCCC1C. The first-order valence-corrected chi connectivity index (χ1v) is 5.94. The molecule has 1 fully saturated rings. The van der Waals surface area contributed by atoms with E-state index in [4.69, 9.17) is 0 Å². The van der Waals surface area contributed by atoms with Gasteiger partial charge in [-0.25, -0.2) is 0 Å². The van der Waals surface area contributed by atoms with Crippen molar-refractivity contribution in [1.29, 1.82) is 0 Å². The van der Waals surface area contributed by atoms with Gasteiger partial charge in [0, 0.05) is 6.54 Å². The minimum atomic E-state index is -4.33. The van der Waals surface area contributed by atoms with Gasteiger partial charge in [-0.3, -0.25) is 4.79 Å². The quantitative estimate of drug-likeness (QED) is 0.827. The van der Waals surface area contributed by atoms with Gasteiger partial charge in [0.05, 0.1) is 6.04 Å². The summed E-state index contributed by atoms with van der Waals surface area (Å²) in [6.45, 7) is 3.36. The average Bonchev–Trinajstić information content (AvgIpc) is 2.61. The van der Waals surface area contributed by atoms with Crippen LogP contribution in [0.2, 0.25) is 0 Å². The molecular weight excluding hydrogens is 233 g/mol. The number of alkyl halides is 3. The van der Waals surface area contributed by atoms with Crippen LogP contribution >= 0.6 is 0 Å². The first-order chi connectivity index (χ1) is 7.85. The molecular formula is C11H19F3N2O. The summed E-state index contributed by atoms with van der Waals surface area (Å²) >= 11 is 0. The molecule has 2 unspecified atom stereocenters. The van der Waals surface area contributed by atoms with Crippen molar-refractivity contribution in [2.24, 2.45) is 5.92 Å². The van der Waals surface area contributed by atoms with E-state index < -0.39 is 24.7 Å². The normalized spacial score (nSPS) is 25.0. The molecule has 0 bridgehead atoms. The Morgan fingerprint density at radius 2 is 2.12 bits per heavy atom. The molecule has 1 amide bonds. The van der Waals surface area contributed by atoms with Crippen molar-refractivity contribution in [3.05, 3.63) is 0 Å². The fraction of sp³-hybridized carbons (Fsp3) is 0.909. The molecule has 1 rings (SSSR count). The maximum atomic E-state index is 12.4. The zero-order valence-corrected chi connectivity index (χ0v) is 10.2. The fourth-order valence-electron chi connectivity index (χ4n) is 2.12. The lowest BCUT2D eigenvalue weighted by molar-refractivity contribution is -0.162. The summed E-state index contributed by atoms with van der Waals surface area (Å²) in [7, 11) is 0. The third-order valence-electron chi connectivity index (χ3n) is 2.97. The molecule has 0 aromatic carbocycles. The summed E-state index contributed by atoms with van der Waals surface area (Å²) in [5, 5.41) is 2.97. The Hall–Kier alpha value is -0.780. The Morgan fingerprint density at radius 3 is 2.53 bits per heavy atom. The van der Waals surface area contributed by atoms with Gasteiger partial charge in [-0.05, 0) is 25.3 Å². The molecule has 0 aliphatic carbocycles. The smallest absolute Gasteiger partial charge is 0.332 e. The molecule has 0 saturated carbocycles. The van der Waals surface area contributed by atoms with Crippen molar-refractivity contribution in [3.63, 3.8) is 0 Å². The number of carbonyl (C=O) groups is 1. The summed E-state index contributed by atoms with van der Waals surface area (Å²) < 4.78 is 37.1. The van der Waals surface area contributed by atoms with Crippen molar-refractivity contribution < 1.29 is 18.0 Å². The lowest BCUT2D eigenvalue weighted by atomic mass is 10.0. The van der Waals surface area contributed by atoms with Gasteiger partial charge < -0.3 is 10.2 Å². The van der Waals surface area contributed by atoms with Crippen molar-refractivity contribution in [2.75, 3.05) is 19.6 Å². The lowest BCUT2D eigenvalue weighted by Gasteiger charge is -2.27. The molecule has 0 aromatic heterocycles. The highest BCUT2D eigenvalue weighted by molar-refractivity contribution is 5.82. The van der Waals surface area contributed by atoms with Crippen molar-refractivity contribution >= 4 is 5.91 Å². The third kappa shape index (κ3) is 4.18. The van der Waals surface area contributed by atoms with Crippen LogP contribution in [0.3, 0.4) is 0 Å². The Bertz CT molecular complexity index is 268. The summed E-state index contributed by atoms with van der Waals surface area (Å²) in [4.78, 5) is 12.9. The highest BCUT2D eigenvalue weighted by atomic mass is 19.4. The number of amides is 1. The van der Waals surface area contributed by atoms with Gasteiger partial charge in [0.2, 0.25) is 5.91 Å². The molecule has 17 heavy (non-hydrogen) atoms. The van der Waals surface area contributed by atoms with Gasteiger partial charge in [0.1, 0.15) is 6.54 Å². The van der Waals surface area contributed by atoms with Gasteiger partial charge in [0.15, 0.2) is 0 Å². The first-order valence-electron chi connectivity index (χ1n) is 5.94. The van der Waals surface area contributed by atoms with Crippen LogP contribution in [0.25, 0.3) is 0 Å². The van der Waals surface area contributed by atoms with Gasteiger partial charge in [-0.15, -0.1) is 0 Å². The molecule has 1 aliphatic rings. The second-order valence-corrected chi connectivity index (χ2v) is 4.57. The predicted octanol–water partition coefficient (Wildman–Crippen LogP) is 1.79. The number of hydrogen-bond acceptors (Lipinski definition) is 2. The molecule has 100 valence electrons. The van der Waals surface area contributed by atoms with Crippen LogP contribution in [0.1, 0.15) is 26.7 Å². The van der Waals surface area contributed by atoms with E-state index in [1.165, 1.54) is 0 Å². The standard InChI is InChI=1S/C11H19F3N2O/c1-3-6-16(7-11(12,13)14)10(17)9-8(2)4-5-15-9/h8-9,15H,3-7H2,1-2H3. The number of rotatable bonds is 4. The van der Waals surface area contributed by atoms with E-state index in [1.54, 1.807) is 6.92 Å². The number of nitrogens with zero attached hydrogens (tertiary/aromatic N) is 1. The van der Waals surface area contributed by atoms with Gasteiger partial charge in [-0.2, -0.15) is 13.2 Å². The Morgan fingerprint density at radius 1 is 1.47 bits per heavy atom. The minimum absolute atomic E-state index is 0.107. The lowest BCUT2D eigenvalue weighted by Crippen LogP contribution is -2.49. The van der Waals surface area contributed by atoms with Crippen LogP contribution in [0, 0.1) is 5.92 Å². The van der Waals surface area contributed by atoms with E-state index >= 15 is 0 Å². The first kappa shape index (κ1) is 14.3. The third-order valence-corrected chi connectivity index (χ3v) is 2.97. The van der Waals surface area contributed by atoms with E-state index in [0.29, 0.717) is 13.0 Å². The molecule has 0 spiro atoms. The maximum Gasteiger partial charge on any atom is 0.406 e. The minimum Gasteiger partial charge on any atom is -0.332 e. The Kier molecular flexibility index (Phi) is 4.80. The molecule has 2 atom stereocenters. The van der Waals surface area contributed by atoms with Crippen LogP contribution in [0.4, 0.5) is 13.2 Å². The van der Waals surface area contributed by atoms with Crippen LogP contribution in [0.5, 0.6) is 0 Å². The zero-order valence-electron chi connectivity index (χ0n) is 10.2. The zero-order chi connectivity index (χ0) is 13.1. The number of nitrogens with one attached hydrogen (secondary N) is 1. The molecule has 1 saturated heterocycles. The second kappa shape index (κ2) is 5.71. The predicted molar refractivity (Wildman–Crippen MR) is 58.5 cm³/mol. The number of carbonyl (C=O) groups excluding carboxylic acids is 1. The monoisotopic (exact) mass is 252 g/mol. The molecule has 1 heterocycles. The van der Waals surface area contributed by atoms with Gasteiger partial charge in [-0.1, -0.05) is 13.8 Å². The van der Waals surface area contributed by atoms with Gasteiger partial charge >= 0.3 is 6.18 Å². The average molecular weight is 252 g/mol. The van der Waals surface area contributed by atoms with E-state index in [9.17, 15) is 18.0 Å². The number of halogens is 3. The topological polar surface area (TPSA) is 32.3 Å². The van der Waals surface area contributed by atoms with Crippen LogP contribution in [-0.4, -0.2) is 42.7 Å². The van der Waals surface area contributed by atoms with Crippen molar-refractivity contribution in [3.8, 4) is 0 Å². The van der Waals surface area contributed by atoms with Crippen molar-refractivity contribution in [2.45, 2.75) is 38.9 Å². The fourth-order valence-corrected chi connectivity index (χ4v) is 2.12. The van der Waals surface area contributed by atoms with E-state index in [0.717, 1.165) is 11.3 Å². The van der Waals surface area contributed by atoms with E-state index in [1.807, 2.05) is 6.92 Å². The molecule has 6 heteroatoms. The summed E-state index contributed by atoms with van der Waals surface area (Å²) in [5.74, 6) is -0.315. The highest BCUT2D eigenvalue weighted by Crippen LogP contribution is 2.21. The molecule has 0 aromatic rings. The highest BCUT2D eigenvalue weighted by Gasteiger charge is 2.37. The molecule has 1 N–H and O–H groups in total. The Balaban J connectivity index is 2.66.